The van der Waals surface area contributed by atoms with Gasteiger partial charge in [-0.25, -0.2) is 0 Å². The number of alkyl halides is 3. The fraction of sp³-hybridized carbons (Fsp3) is 0.0714. The van der Waals surface area contributed by atoms with Gasteiger partial charge in [0.15, 0.2) is 0 Å². The first-order valence-corrected chi connectivity index (χ1v) is 5.66. The Kier molecular flexibility index (Phi) is 3.65. The molecule has 0 heterocycles. The number of halogens is 3. The Hall–Kier alpha value is -2.50. The van der Waals surface area contributed by atoms with E-state index in [9.17, 15) is 13.2 Å². The zero-order chi connectivity index (χ0) is 14.8. The van der Waals surface area contributed by atoms with E-state index in [2.05, 4.69) is 0 Å². The fourth-order valence-corrected chi connectivity index (χ4v) is 1.62. The summed E-state index contributed by atoms with van der Waals surface area (Å²) in [5.41, 5.74) is 4.93. The van der Waals surface area contributed by atoms with Crippen LogP contribution < -0.4 is 10.5 Å². The molecule has 0 radical (unpaired) electrons. The summed E-state index contributed by atoms with van der Waals surface area (Å²) in [5.74, 6) is -0.144. The minimum atomic E-state index is -4.48. The van der Waals surface area contributed by atoms with Gasteiger partial charge in [-0.2, -0.15) is 13.2 Å². The second-order valence-corrected chi connectivity index (χ2v) is 4.03. The van der Waals surface area contributed by atoms with Gasteiger partial charge in [-0.3, -0.25) is 5.41 Å². The van der Waals surface area contributed by atoms with Crippen molar-refractivity contribution >= 4 is 5.84 Å². The van der Waals surface area contributed by atoms with Crippen LogP contribution in [-0.2, 0) is 6.18 Å². The maximum atomic E-state index is 12.8. The van der Waals surface area contributed by atoms with Crippen LogP contribution in [0.2, 0.25) is 0 Å². The molecule has 20 heavy (non-hydrogen) atoms. The van der Waals surface area contributed by atoms with Crippen LogP contribution in [0.5, 0.6) is 11.5 Å². The van der Waals surface area contributed by atoms with Crippen molar-refractivity contribution in [3.05, 3.63) is 59.7 Å². The van der Waals surface area contributed by atoms with Crippen LogP contribution in [0.1, 0.15) is 11.1 Å². The van der Waals surface area contributed by atoms with Crippen LogP contribution in [0.3, 0.4) is 0 Å². The molecule has 2 aromatic rings. The molecule has 0 spiro atoms. The molecule has 0 atom stereocenters. The molecule has 0 unspecified atom stereocenters. The molecule has 3 N–H and O–H groups in total. The number of para-hydroxylation sites is 1. The summed E-state index contributed by atoms with van der Waals surface area (Å²) in [6.45, 7) is 0. The number of nitrogen functional groups attached to an aromatic ring is 1. The van der Waals surface area contributed by atoms with Gasteiger partial charge in [0.2, 0.25) is 0 Å². The highest BCUT2D eigenvalue weighted by molar-refractivity contribution is 5.94. The lowest BCUT2D eigenvalue weighted by Gasteiger charge is -2.13. The number of ether oxygens (including phenoxy) is 1. The van der Waals surface area contributed by atoms with E-state index in [1.807, 2.05) is 0 Å². The third-order valence-electron chi connectivity index (χ3n) is 2.59. The summed E-state index contributed by atoms with van der Waals surface area (Å²) in [5, 5.41) is 7.23. The number of nitrogens with two attached hydrogens (primary N) is 1. The summed E-state index contributed by atoms with van der Waals surface area (Å²) < 4.78 is 43.6. The van der Waals surface area contributed by atoms with Gasteiger partial charge in [0.05, 0.1) is 5.56 Å². The average Bonchev–Trinajstić information content (AvgIpc) is 2.38. The van der Waals surface area contributed by atoms with Crippen LogP contribution in [-0.4, -0.2) is 5.84 Å². The fourth-order valence-electron chi connectivity index (χ4n) is 1.62. The first-order valence-electron chi connectivity index (χ1n) is 5.66. The lowest BCUT2D eigenvalue weighted by Crippen LogP contribution is -2.10. The predicted octanol–water partition coefficient (Wildman–Crippen LogP) is 3.78. The van der Waals surface area contributed by atoms with Crippen LogP contribution >= 0.6 is 0 Å². The van der Waals surface area contributed by atoms with Crippen molar-refractivity contribution < 1.29 is 17.9 Å². The standard InChI is InChI=1S/C14H11F3N2O/c15-14(16,17)11-3-1-2-4-12(11)20-10-7-5-9(6-8-10)13(18)19/h1-8H,(H3,18,19). The zero-order valence-electron chi connectivity index (χ0n) is 10.2. The Morgan fingerprint density at radius 3 is 2.15 bits per heavy atom. The molecule has 0 fully saturated rings. The monoisotopic (exact) mass is 280 g/mol. The van der Waals surface area contributed by atoms with E-state index in [-0.39, 0.29) is 17.3 Å². The minimum absolute atomic E-state index is 0.118. The molecule has 0 amide bonds. The van der Waals surface area contributed by atoms with Gasteiger partial charge >= 0.3 is 6.18 Å². The third kappa shape index (κ3) is 3.09. The molecule has 3 nitrogen and oxygen atoms in total. The molecule has 0 saturated carbocycles. The SMILES string of the molecule is N=C(N)c1ccc(Oc2ccccc2C(F)(F)F)cc1. The van der Waals surface area contributed by atoms with Gasteiger partial charge in [0.25, 0.3) is 0 Å². The molecule has 6 heteroatoms. The minimum Gasteiger partial charge on any atom is -0.457 e. The molecular weight excluding hydrogens is 269 g/mol. The summed E-state index contributed by atoms with van der Waals surface area (Å²) >= 11 is 0. The van der Waals surface area contributed by atoms with E-state index in [0.29, 0.717) is 5.56 Å². The van der Waals surface area contributed by atoms with Crippen molar-refractivity contribution in [3.63, 3.8) is 0 Å². The van der Waals surface area contributed by atoms with Crippen LogP contribution in [0.25, 0.3) is 0 Å². The Bertz CT molecular complexity index is 621. The van der Waals surface area contributed by atoms with Crippen molar-refractivity contribution in [2.24, 2.45) is 5.73 Å². The maximum Gasteiger partial charge on any atom is 0.419 e. The first kappa shape index (κ1) is 13.9. The largest absolute Gasteiger partial charge is 0.457 e. The molecule has 2 rings (SSSR count). The number of amidine groups is 1. The molecule has 2 aromatic carbocycles. The number of benzene rings is 2. The molecule has 0 bridgehead atoms. The Morgan fingerprint density at radius 1 is 1.00 bits per heavy atom. The second-order valence-electron chi connectivity index (χ2n) is 4.03. The Morgan fingerprint density at radius 2 is 1.60 bits per heavy atom. The summed E-state index contributed by atoms with van der Waals surface area (Å²) in [7, 11) is 0. The number of hydrogen-bond acceptors (Lipinski definition) is 2. The number of nitrogens with one attached hydrogen (secondary N) is 1. The van der Waals surface area contributed by atoms with E-state index in [1.54, 1.807) is 0 Å². The highest BCUT2D eigenvalue weighted by Gasteiger charge is 2.34. The van der Waals surface area contributed by atoms with Gasteiger partial charge in [-0.15, -0.1) is 0 Å². The van der Waals surface area contributed by atoms with Crippen LogP contribution in [0.15, 0.2) is 48.5 Å². The molecule has 0 aliphatic heterocycles. The van der Waals surface area contributed by atoms with Crippen molar-refractivity contribution in [1.82, 2.24) is 0 Å². The molecule has 0 saturated heterocycles. The summed E-state index contributed by atoms with van der Waals surface area (Å²) in [4.78, 5) is 0. The first-order chi connectivity index (χ1) is 9.38. The Labute approximate surface area is 113 Å². The molecular formula is C14H11F3N2O. The lowest BCUT2D eigenvalue weighted by atomic mass is 10.2. The second kappa shape index (κ2) is 5.24. The van der Waals surface area contributed by atoms with Crippen molar-refractivity contribution in [2.75, 3.05) is 0 Å². The lowest BCUT2D eigenvalue weighted by molar-refractivity contribution is -0.138. The number of hydrogen-bond donors (Lipinski definition) is 2. The van der Waals surface area contributed by atoms with Crippen molar-refractivity contribution in [3.8, 4) is 11.5 Å². The van der Waals surface area contributed by atoms with Crippen molar-refractivity contribution in [1.29, 1.82) is 5.41 Å². The van der Waals surface area contributed by atoms with Crippen LogP contribution in [0.4, 0.5) is 13.2 Å². The van der Waals surface area contributed by atoms with Gasteiger partial charge in [-0.05, 0) is 36.4 Å². The number of rotatable bonds is 3. The average molecular weight is 280 g/mol. The highest BCUT2D eigenvalue weighted by Crippen LogP contribution is 2.37. The molecule has 104 valence electrons. The molecule has 0 aromatic heterocycles. The smallest absolute Gasteiger partial charge is 0.419 e. The zero-order valence-corrected chi connectivity index (χ0v) is 10.2. The predicted molar refractivity (Wildman–Crippen MR) is 69.0 cm³/mol. The third-order valence-corrected chi connectivity index (χ3v) is 2.59. The van der Waals surface area contributed by atoms with Gasteiger partial charge in [-0.1, -0.05) is 12.1 Å². The van der Waals surface area contributed by atoms with E-state index in [0.717, 1.165) is 6.07 Å². The maximum absolute atomic E-state index is 12.8. The van der Waals surface area contributed by atoms with Gasteiger partial charge in [0, 0.05) is 5.56 Å². The van der Waals surface area contributed by atoms with E-state index < -0.39 is 11.7 Å². The van der Waals surface area contributed by atoms with E-state index >= 15 is 0 Å². The summed E-state index contributed by atoms with van der Waals surface area (Å²) in [6, 6.07) is 10.9. The normalized spacial score (nSPS) is 11.2. The Balaban J connectivity index is 2.28. The summed E-state index contributed by atoms with van der Waals surface area (Å²) in [6.07, 6.45) is -4.48. The molecule has 0 aliphatic rings. The van der Waals surface area contributed by atoms with E-state index in [4.69, 9.17) is 15.9 Å². The van der Waals surface area contributed by atoms with Crippen molar-refractivity contribution in [2.45, 2.75) is 6.18 Å². The van der Waals surface area contributed by atoms with Crippen LogP contribution in [0, 0.1) is 5.41 Å². The van der Waals surface area contributed by atoms with E-state index in [1.165, 1.54) is 42.5 Å². The van der Waals surface area contributed by atoms with Gasteiger partial charge in [0.1, 0.15) is 17.3 Å². The highest BCUT2D eigenvalue weighted by atomic mass is 19.4. The quantitative estimate of drug-likeness (QED) is 0.664. The topological polar surface area (TPSA) is 59.1 Å². The van der Waals surface area contributed by atoms with Gasteiger partial charge < -0.3 is 10.5 Å². The molecule has 0 aliphatic carbocycles.